The SMILES string of the molecule is [c]1nccc(-c2ccc[nH]2)n1. The van der Waals surface area contributed by atoms with Crippen LogP contribution in [0.2, 0.25) is 0 Å². The van der Waals surface area contributed by atoms with E-state index in [4.69, 9.17) is 0 Å². The summed E-state index contributed by atoms with van der Waals surface area (Å²) in [6, 6.07) is 5.72. The number of hydrogen-bond donors (Lipinski definition) is 1. The summed E-state index contributed by atoms with van der Waals surface area (Å²) in [4.78, 5) is 10.7. The number of nitrogens with zero attached hydrogens (tertiary/aromatic N) is 2. The molecule has 0 fully saturated rings. The van der Waals surface area contributed by atoms with Crippen LogP contribution >= 0.6 is 0 Å². The Morgan fingerprint density at radius 1 is 1.36 bits per heavy atom. The molecule has 3 heteroatoms. The lowest BCUT2D eigenvalue weighted by Gasteiger charge is -1.92. The van der Waals surface area contributed by atoms with Gasteiger partial charge in [-0.3, -0.25) is 0 Å². The van der Waals surface area contributed by atoms with E-state index in [-0.39, 0.29) is 0 Å². The largest absolute Gasteiger partial charge is 0.360 e. The van der Waals surface area contributed by atoms with Crippen molar-refractivity contribution < 1.29 is 0 Å². The Bertz CT molecular complexity index is 312. The monoisotopic (exact) mass is 144 g/mol. The number of aromatic nitrogens is 3. The highest BCUT2D eigenvalue weighted by atomic mass is 14.8. The first-order valence-electron chi connectivity index (χ1n) is 3.30. The van der Waals surface area contributed by atoms with Gasteiger partial charge in [-0.2, -0.15) is 0 Å². The molecule has 2 aromatic rings. The Hall–Kier alpha value is -1.64. The van der Waals surface area contributed by atoms with Gasteiger partial charge in [-0.15, -0.1) is 0 Å². The van der Waals surface area contributed by atoms with Crippen LogP contribution in [-0.4, -0.2) is 15.0 Å². The van der Waals surface area contributed by atoms with Crippen molar-refractivity contribution in [1.29, 1.82) is 0 Å². The first kappa shape index (κ1) is 6.09. The Labute approximate surface area is 64.1 Å². The third-order valence-corrected chi connectivity index (χ3v) is 1.41. The van der Waals surface area contributed by atoms with Gasteiger partial charge in [0.05, 0.1) is 11.4 Å². The van der Waals surface area contributed by atoms with E-state index in [2.05, 4.69) is 21.3 Å². The van der Waals surface area contributed by atoms with E-state index >= 15 is 0 Å². The molecule has 2 heterocycles. The zero-order chi connectivity index (χ0) is 7.52. The highest BCUT2D eigenvalue weighted by Crippen LogP contribution is 2.10. The predicted octanol–water partition coefficient (Wildman–Crippen LogP) is 1.27. The summed E-state index contributed by atoms with van der Waals surface area (Å²) >= 11 is 0. The van der Waals surface area contributed by atoms with E-state index in [0.29, 0.717) is 0 Å². The van der Waals surface area contributed by atoms with Crippen molar-refractivity contribution in [2.75, 3.05) is 0 Å². The van der Waals surface area contributed by atoms with Crippen molar-refractivity contribution in [1.82, 2.24) is 15.0 Å². The van der Waals surface area contributed by atoms with Crippen LogP contribution in [0.25, 0.3) is 11.4 Å². The molecular formula is C8H6N3. The first-order chi connectivity index (χ1) is 5.47. The highest BCUT2D eigenvalue weighted by molar-refractivity contribution is 5.52. The third-order valence-electron chi connectivity index (χ3n) is 1.41. The minimum atomic E-state index is 0.866. The van der Waals surface area contributed by atoms with Gasteiger partial charge in [0.25, 0.3) is 0 Å². The van der Waals surface area contributed by atoms with Gasteiger partial charge < -0.3 is 4.98 Å². The summed E-state index contributed by atoms with van der Waals surface area (Å²) in [5.74, 6) is 0. The van der Waals surface area contributed by atoms with E-state index in [1.807, 2.05) is 24.4 Å². The van der Waals surface area contributed by atoms with Crippen LogP contribution in [0.5, 0.6) is 0 Å². The van der Waals surface area contributed by atoms with Gasteiger partial charge in [-0.05, 0) is 18.2 Å². The Kier molecular flexibility index (Phi) is 1.41. The summed E-state index contributed by atoms with van der Waals surface area (Å²) in [7, 11) is 0. The van der Waals surface area contributed by atoms with Gasteiger partial charge in [0.1, 0.15) is 0 Å². The molecule has 0 amide bonds. The van der Waals surface area contributed by atoms with Crippen molar-refractivity contribution in [3.63, 3.8) is 0 Å². The number of hydrogen-bond acceptors (Lipinski definition) is 2. The lowest BCUT2D eigenvalue weighted by Crippen LogP contribution is -1.82. The van der Waals surface area contributed by atoms with E-state index < -0.39 is 0 Å². The van der Waals surface area contributed by atoms with Crippen molar-refractivity contribution in [3.05, 3.63) is 36.9 Å². The third kappa shape index (κ3) is 1.12. The standard InChI is InChI=1S/C8H6N3/c1-2-7(10-4-1)8-3-5-9-6-11-8/h1-5,10H. The lowest BCUT2D eigenvalue weighted by molar-refractivity contribution is 1.14. The average molecular weight is 144 g/mol. The fraction of sp³-hybridized carbons (Fsp3) is 0. The number of H-pyrrole nitrogens is 1. The van der Waals surface area contributed by atoms with Gasteiger partial charge in [0.2, 0.25) is 0 Å². The molecule has 53 valence electrons. The summed E-state index contributed by atoms with van der Waals surface area (Å²) in [6.07, 6.45) is 6.06. The fourth-order valence-electron chi connectivity index (χ4n) is 0.901. The van der Waals surface area contributed by atoms with Crippen molar-refractivity contribution in [2.24, 2.45) is 0 Å². The summed E-state index contributed by atoms with van der Waals surface area (Å²) in [5, 5.41) is 0. The van der Waals surface area contributed by atoms with Gasteiger partial charge in [-0.25, -0.2) is 9.97 Å². The molecule has 0 aromatic carbocycles. The quantitative estimate of drug-likeness (QED) is 0.654. The van der Waals surface area contributed by atoms with Gasteiger partial charge in [0, 0.05) is 12.4 Å². The molecular weight excluding hydrogens is 138 g/mol. The molecule has 0 unspecified atom stereocenters. The summed E-state index contributed by atoms with van der Waals surface area (Å²) in [5.41, 5.74) is 1.86. The molecule has 0 bridgehead atoms. The molecule has 0 aliphatic heterocycles. The Morgan fingerprint density at radius 2 is 2.36 bits per heavy atom. The second kappa shape index (κ2) is 2.54. The molecule has 2 rings (SSSR count). The van der Waals surface area contributed by atoms with Crippen LogP contribution < -0.4 is 0 Å². The second-order valence-corrected chi connectivity index (χ2v) is 2.13. The smallest absolute Gasteiger partial charge is 0.198 e. The van der Waals surface area contributed by atoms with Crippen LogP contribution in [0.1, 0.15) is 0 Å². The van der Waals surface area contributed by atoms with Crippen LogP contribution in [-0.2, 0) is 0 Å². The zero-order valence-corrected chi connectivity index (χ0v) is 5.78. The van der Waals surface area contributed by atoms with Crippen molar-refractivity contribution >= 4 is 0 Å². The van der Waals surface area contributed by atoms with Gasteiger partial charge in [-0.1, -0.05) is 0 Å². The zero-order valence-electron chi connectivity index (χ0n) is 5.78. The molecule has 0 aliphatic rings. The van der Waals surface area contributed by atoms with Crippen molar-refractivity contribution in [2.45, 2.75) is 0 Å². The molecule has 0 aliphatic carbocycles. The van der Waals surface area contributed by atoms with Gasteiger partial charge >= 0.3 is 0 Å². The fourth-order valence-corrected chi connectivity index (χ4v) is 0.901. The number of rotatable bonds is 1. The minimum Gasteiger partial charge on any atom is -0.360 e. The highest BCUT2D eigenvalue weighted by Gasteiger charge is 1.95. The molecule has 0 spiro atoms. The Morgan fingerprint density at radius 3 is 3.00 bits per heavy atom. The van der Waals surface area contributed by atoms with Crippen LogP contribution in [0.4, 0.5) is 0 Å². The maximum atomic E-state index is 3.95. The average Bonchev–Trinajstić information content (AvgIpc) is 2.58. The van der Waals surface area contributed by atoms with E-state index in [0.717, 1.165) is 11.4 Å². The molecule has 0 saturated carbocycles. The minimum absolute atomic E-state index is 0.866. The van der Waals surface area contributed by atoms with Crippen LogP contribution in [0, 0.1) is 6.33 Å². The molecule has 2 aromatic heterocycles. The topological polar surface area (TPSA) is 41.6 Å². The molecule has 1 radical (unpaired) electrons. The maximum absolute atomic E-state index is 3.95. The lowest BCUT2D eigenvalue weighted by atomic mass is 10.3. The number of nitrogens with one attached hydrogen (secondary N) is 1. The Balaban J connectivity index is 2.46. The van der Waals surface area contributed by atoms with Crippen molar-refractivity contribution in [3.8, 4) is 11.4 Å². The molecule has 3 nitrogen and oxygen atoms in total. The van der Waals surface area contributed by atoms with Gasteiger partial charge in [0.15, 0.2) is 6.33 Å². The molecule has 1 N–H and O–H groups in total. The molecule has 0 atom stereocenters. The first-order valence-corrected chi connectivity index (χ1v) is 3.30. The maximum Gasteiger partial charge on any atom is 0.198 e. The normalized spacial score (nSPS) is 9.82. The van der Waals surface area contributed by atoms with Crippen LogP contribution in [0.3, 0.4) is 0 Å². The second-order valence-electron chi connectivity index (χ2n) is 2.13. The van der Waals surface area contributed by atoms with E-state index in [9.17, 15) is 0 Å². The predicted molar refractivity (Wildman–Crippen MR) is 40.7 cm³/mol. The number of aromatic amines is 1. The van der Waals surface area contributed by atoms with E-state index in [1.165, 1.54) is 0 Å². The van der Waals surface area contributed by atoms with E-state index in [1.54, 1.807) is 6.20 Å². The molecule has 0 saturated heterocycles. The summed E-state index contributed by atoms with van der Waals surface area (Å²) in [6.45, 7) is 0. The summed E-state index contributed by atoms with van der Waals surface area (Å²) < 4.78 is 0. The molecule has 11 heavy (non-hydrogen) atoms. The van der Waals surface area contributed by atoms with Crippen LogP contribution in [0.15, 0.2) is 30.6 Å².